The van der Waals surface area contributed by atoms with E-state index in [9.17, 15) is 8.42 Å². The van der Waals surface area contributed by atoms with Crippen LogP contribution in [-0.4, -0.2) is 29.3 Å². The summed E-state index contributed by atoms with van der Waals surface area (Å²) in [5.41, 5.74) is 0. The number of hydrogen-bond donors (Lipinski definition) is 0. The molecule has 0 N–H and O–H groups in total. The first-order chi connectivity index (χ1) is 9.25. The van der Waals surface area contributed by atoms with E-state index < -0.39 is 10.0 Å². The largest absolute Gasteiger partial charge is 0.324 e. The number of sulfonamides is 1. The van der Waals surface area contributed by atoms with E-state index in [1.165, 1.54) is 15.2 Å². The summed E-state index contributed by atoms with van der Waals surface area (Å²) in [4.78, 5) is 6.03. The number of rotatable bonds is 4. The lowest BCUT2D eigenvalue weighted by molar-refractivity contribution is 0.401. The topological polar surface area (TPSA) is 55.2 Å². The molecule has 110 valence electrons. The molecule has 0 aromatic carbocycles. The third kappa shape index (κ3) is 2.63. The van der Waals surface area contributed by atoms with Gasteiger partial charge in [0.15, 0.2) is 0 Å². The maximum atomic E-state index is 12.6. The molecule has 8 heteroatoms. The predicted molar refractivity (Wildman–Crippen MR) is 80.6 cm³/mol. The predicted octanol–water partition coefficient (Wildman–Crippen LogP) is 2.83. The second-order valence-corrected chi connectivity index (χ2v) is 8.19. The fraction of sp³-hybridized carbons (Fsp3) is 0.417. The number of thiophene rings is 1. The Morgan fingerprint density at radius 2 is 2.10 bits per heavy atom. The first-order valence-electron chi connectivity index (χ1n) is 5.96. The highest BCUT2D eigenvalue weighted by molar-refractivity contribution is 7.89. The highest BCUT2D eigenvalue weighted by Crippen LogP contribution is 2.31. The van der Waals surface area contributed by atoms with E-state index >= 15 is 0 Å². The maximum Gasteiger partial charge on any atom is 0.263 e. The second-order valence-electron chi connectivity index (χ2n) is 4.60. The van der Waals surface area contributed by atoms with Crippen LogP contribution in [0.4, 0.5) is 0 Å². The quantitative estimate of drug-likeness (QED) is 0.864. The van der Waals surface area contributed by atoms with Crippen molar-refractivity contribution >= 4 is 33.0 Å². The summed E-state index contributed by atoms with van der Waals surface area (Å²) < 4.78 is 27.9. The Bertz CT molecular complexity index is 721. The van der Waals surface area contributed by atoms with Crippen LogP contribution in [0, 0.1) is 6.92 Å². The van der Waals surface area contributed by atoms with E-state index in [0.29, 0.717) is 0 Å². The normalized spacial score (nSPS) is 13.9. The minimum atomic E-state index is -3.71. The zero-order valence-electron chi connectivity index (χ0n) is 11.7. The SMILES string of the molecule is Cc1ccc(C(C)N(C)S(=O)(=O)c2ncn(C)c2Cl)s1. The molecule has 0 amide bonds. The van der Waals surface area contributed by atoms with Gasteiger partial charge in [-0.25, -0.2) is 13.4 Å². The fourth-order valence-corrected chi connectivity index (χ4v) is 4.53. The van der Waals surface area contributed by atoms with Crippen molar-refractivity contribution in [2.45, 2.75) is 24.9 Å². The Balaban J connectivity index is 2.37. The van der Waals surface area contributed by atoms with Gasteiger partial charge in [0.1, 0.15) is 5.15 Å². The molecule has 0 radical (unpaired) electrons. The maximum absolute atomic E-state index is 12.6. The zero-order valence-corrected chi connectivity index (χ0v) is 14.1. The van der Waals surface area contributed by atoms with E-state index in [2.05, 4.69) is 4.98 Å². The van der Waals surface area contributed by atoms with E-state index in [-0.39, 0.29) is 16.2 Å². The molecule has 0 bridgehead atoms. The van der Waals surface area contributed by atoms with Gasteiger partial charge in [0.25, 0.3) is 10.0 Å². The average Bonchev–Trinajstić information content (AvgIpc) is 2.95. The molecule has 0 saturated heterocycles. The van der Waals surface area contributed by atoms with Crippen LogP contribution in [0.25, 0.3) is 0 Å². The molecular formula is C12H16ClN3O2S2. The van der Waals surface area contributed by atoms with Crippen molar-refractivity contribution < 1.29 is 8.42 Å². The van der Waals surface area contributed by atoms with Crippen LogP contribution in [-0.2, 0) is 17.1 Å². The van der Waals surface area contributed by atoms with Gasteiger partial charge in [-0.1, -0.05) is 11.6 Å². The van der Waals surface area contributed by atoms with Gasteiger partial charge in [-0.05, 0) is 26.0 Å². The lowest BCUT2D eigenvalue weighted by atomic mass is 10.3. The van der Waals surface area contributed by atoms with Gasteiger partial charge < -0.3 is 4.57 Å². The summed E-state index contributed by atoms with van der Waals surface area (Å²) in [6.45, 7) is 3.84. The summed E-state index contributed by atoms with van der Waals surface area (Å²) in [5, 5.41) is 0.00991. The number of halogens is 1. The van der Waals surface area contributed by atoms with Crippen LogP contribution in [0.15, 0.2) is 23.5 Å². The van der Waals surface area contributed by atoms with Gasteiger partial charge in [0.05, 0.1) is 12.4 Å². The van der Waals surface area contributed by atoms with Crippen LogP contribution in [0.2, 0.25) is 5.15 Å². The number of nitrogens with zero attached hydrogens (tertiary/aromatic N) is 3. The minimum absolute atomic E-state index is 0.107. The standard InChI is InChI=1S/C12H16ClN3O2S2/c1-8-5-6-10(19-8)9(2)16(4)20(17,18)12-11(13)15(3)7-14-12/h5-7,9H,1-4H3. The fourth-order valence-electron chi connectivity index (χ4n) is 1.77. The number of hydrogen-bond acceptors (Lipinski definition) is 4. The third-order valence-corrected chi connectivity index (χ3v) is 6.77. The molecule has 1 unspecified atom stereocenters. The molecule has 0 saturated carbocycles. The van der Waals surface area contributed by atoms with Gasteiger partial charge in [-0.15, -0.1) is 11.3 Å². The zero-order chi connectivity index (χ0) is 15.1. The number of aryl methyl sites for hydroxylation is 2. The third-order valence-electron chi connectivity index (χ3n) is 3.18. The first-order valence-corrected chi connectivity index (χ1v) is 8.59. The summed E-state index contributed by atoms with van der Waals surface area (Å²) in [6, 6.07) is 3.65. The minimum Gasteiger partial charge on any atom is -0.324 e. The lowest BCUT2D eigenvalue weighted by Gasteiger charge is -2.22. The summed E-state index contributed by atoms with van der Waals surface area (Å²) in [5.74, 6) is 0. The Kier molecular flexibility index (Phi) is 4.24. The monoisotopic (exact) mass is 333 g/mol. The van der Waals surface area contributed by atoms with Gasteiger partial charge in [0.2, 0.25) is 5.03 Å². The highest BCUT2D eigenvalue weighted by atomic mass is 35.5. The molecule has 1 atom stereocenters. The van der Waals surface area contributed by atoms with Crippen molar-refractivity contribution in [2.24, 2.45) is 7.05 Å². The van der Waals surface area contributed by atoms with E-state index in [1.807, 2.05) is 26.0 Å². The Hall–Kier alpha value is -0.890. The van der Waals surface area contributed by atoms with Crippen molar-refractivity contribution in [3.8, 4) is 0 Å². The summed E-state index contributed by atoms with van der Waals surface area (Å²) in [7, 11) is -0.516. The smallest absolute Gasteiger partial charge is 0.263 e. The molecule has 0 aliphatic carbocycles. The first kappa shape index (κ1) is 15.5. The molecule has 0 spiro atoms. The van der Waals surface area contributed by atoms with Crippen LogP contribution in [0.5, 0.6) is 0 Å². The van der Waals surface area contributed by atoms with E-state index in [4.69, 9.17) is 11.6 Å². The van der Waals surface area contributed by atoms with Gasteiger partial charge in [-0.2, -0.15) is 4.31 Å². The van der Waals surface area contributed by atoms with E-state index in [0.717, 1.165) is 9.75 Å². The van der Waals surface area contributed by atoms with Crippen molar-refractivity contribution in [1.29, 1.82) is 0 Å². The van der Waals surface area contributed by atoms with E-state index in [1.54, 1.807) is 25.4 Å². The number of aromatic nitrogens is 2. The van der Waals surface area contributed by atoms with Crippen molar-refractivity contribution in [2.75, 3.05) is 7.05 Å². The van der Waals surface area contributed by atoms with Crippen LogP contribution in [0.3, 0.4) is 0 Å². The molecule has 20 heavy (non-hydrogen) atoms. The van der Waals surface area contributed by atoms with Gasteiger partial charge >= 0.3 is 0 Å². The Labute approximate surface area is 127 Å². The van der Waals surface area contributed by atoms with Crippen LogP contribution in [0.1, 0.15) is 22.7 Å². The van der Waals surface area contributed by atoms with Crippen molar-refractivity contribution in [3.05, 3.63) is 33.4 Å². The average molecular weight is 334 g/mol. The molecule has 2 heterocycles. The highest BCUT2D eigenvalue weighted by Gasteiger charge is 2.31. The molecule has 2 aromatic rings. The molecule has 0 fully saturated rings. The molecular weight excluding hydrogens is 318 g/mol. The summed E-state index contributed by atoms with van der Waals surface area (Å²) in [6.07, 6.45) is 1.39. The summed E-state index contributed by atoms with van der Waals surface area (Å²) >= 11 is 7.57. The van der Waals surface area contributed by atoms with Crippen molar-refractivity contribution in [1.82, 2.24) is 13.9 Å². The van der Waals surface area contributed by atoms with Gasteiger partial charge in [0, 0.05) is 23.8 Å². The molecule has 0 aliphatic heterocycles. The molecule has 2 rings (SSSR count). The Morgan fingerprint density at radius 1 is 1.45 bits per heavy atom. The van der Waals surface area contributed by atoms with Crippen molar-refractivity contribution in [3.63, 3.8) is 0 Å². The molecule has 5 nitrogen and oxygen atoms in total. The van der Waals surface area contributed by atoms with Gasteiger partial charge in [-0.3, -0.25) is 0 Å². The van der Waals surface area contributed by atoms with Crippen LogP contribution < -0.4 is 0 Å². The Morgan fingerprint density at radius 3 is 2.55 bits per heavy atom. The number of imidazole rings is 1. The lowest BCUT2D eigenvalue weighted by Crippen LogP contribution is -2.30. The van der Waals surface area contributed by atoms with Crippen LogP contribution >= 0.6 is 22.9 Å². The molecule has 0 aliphatic rings. The molecule has 2 aromatic heterocycles. The second kappa shape index (κ2) is 5.48.